The zero-order chi connectivity index (χ0) is 14.6. The van der Waals surface area contributed by atoms with Gasteiger partial charge in [-0.15, -0.1) is 11.3 Å². The first kappa shape index (κ1) is 14.8. The second kappa shape index (κ2) is 6.21. The third kappa shape index (κ3) is 3.69. The molecule has 2 amide bonds. The van der Waals surface area contributed by atoms with Crippen molar-refractivity contribution in [2.45, 2.75) is 51.1 Å². The summed E-state index contributed by atoms with van der Waals surface area (Å²) < 4.78 is 0. The lowest BCUT2D eigenvalue weighted by Gasteiger charge is -2.28. The highest BCUT2D eigenvalue weighted by molar-refractivity contribution is 7.09. The van der Waals surface area contributed by atoms with Crippen LogP contribution in [0.2, 0.25) is 0 Å². The quantitative estimate of drug-likeness (QED) is 0.775. The van der Waals surface area contributed by atoms with Gasteiger partial charge in [0.25, 0.3) is 0 Å². The molecule has 0 atom stereocenters. The van der Waals surface area contributed by atoms with Gasteiger partial charge in [0.1, 0.15) is 0 Å². The van der Waals surface area contributed by atoms with Gasteiger partial charge in [-0.3, -0.25) is 4.79 Å². The van der Waals surface area contributed by atoms with Crippen molar-refractivity contribution in [3.8, 4) is 0 Å². The maximum absolute atomic E-state index is 12.0. The number of rotatable bonds is 5. The predicted octanol–water partition coefficient (Wildman–Crippen LogP) is 2.04. The normalized spacial score (nSPS) is 16.9. The summed E-state index contributed by atoms with van der Waals surface area (Å²) in [6, 6.07) is -0.305. The summed E-state index contributed by atoms with van der Waals surface area (Å²) >= 11 is 1.50. The lowest BCUT2D eigenvalue weighted by atomic mass is 9.93. The number of thiazole rings is 1. The van der Waals surface area contributed by atoms with E-state index in [-0.39, 0.29) is 12.5 Å². The minimum atomic E-state index is -0.870. The van der Waals surface area contributed by atoms with E-state index in [0.29, 0.717) is 6.54 Å². The fraction of sp³-hybridized carbons (Fsp3) is 0.615. The van der Waals surface area contributed by atoms with Crippen LogP contribution in [-0.4, -0.2) is 27.6 Å². The molecule has 1 saturated carbocycles. The Labute approximate surface area is 121 Å². The van der Waals surface area contributed by atoms with Crippen LogP contribution < -0.4 is 10.6 Å². The fourth-order valence-corrected chi connectivity index (χ4v) is 3.35. The van der Waals surface area contributed by atoms with Crippen molar-refractivity contribution < 1.29 is 14.7 Å². The van der Waals surface area contributed by atoms with Gasteiger partial charge < -0.3 is 15.7 Å². The van der Waals surface area contributed by atoms with Gasteiger partial charge in [0, 0.05) is 4.88 Å². The number of carbonyl (C=O) groups is 2. The van der Waals surface area contributed by atoms with Gasteiger partial charge in [0.15, 0.2) is 0 Å². The summed E-state index contributed by atoms with van der Waals surface area (Å²) in [5.74, 6) is -0.870. The Morgan fingerprint density at radius 2 is 2.15 bits per heavy atom. The zero-order valence-electron chi connectivity index (χ0n) is 11.4. The smallest absolute Gasteiger partial charge is 0.315 e. The van der Waals surface area contributed by atoms with Crippen molar-refractivity contribution in [1.82, 2.24) is 15.6 Å². The number of aromatic nitrogens is 1. The van der Waals surface area contributed by atoms with Crippen LogP contribution in [0.3, 0.4) is 0 Å². The number of nitrogens with one attached hydrogen (secondary N) is 2. The second-order valence-electron chi connectivity index (χ2n) is 5.23. The van der Waals surface area contributed by atoms with Gasteiger partial charge in [0.05, 0.1) is 29.7 Å². The van der Waals surface area contributed by atoms with E-state index in [1.54, 1.807) is 5.51 Å². The minimum Gasteiger partial charge on any atom is -0.481 e. The maximum Gasteiger partial charge on any atom is 0.315 e. The zero-order valence-corrected chi connectivity index (χ0v) is 12.3. The molecule has 0 aromatic carbocycles. The summed E-state index contributed by atoms with van der Waals surface area (Å²) in [4.78, 5) is 28.0. The molecule has 0 saturated heterocycles. The Morgan fingerprint density at radius 1 is 1.45 bits per heavy atom. The van der Waals surface area contributed by atoms with Crippen LogP contribution in [0.1, 0.15) is 42.7 Å². The number of hydrogen-bond acceptors (Lipinski definition) is 4. The van der Waals surface area contributed by atoms with Crippen LogP contribution in [0, 0.1) is 6.92 Å². The minimum absolute atomic E-state index is 0.0139. The number of carbonyl (C=O) groups excluding carboxylic acids is 1. The van der Waals surface area contributed by atoms with Crippen LogP contribution in [-0.2, 0) is 11.3 Å². The molecule has 1 aromatic rings. The van der Waals surface area contributed by atoms with E-state index in [2.05, 4.69) is 15.6 Å². The van der Waals surface area contributed by atoms with Crippen molar-refractivity contribution in [3.63, 3.8) is 0 Å². The number of amides is 2. The molecule has 2 rings (SSSR count). The summed E-state index contributed by atoms with van der Waals surface area (Å²) in [6.45, 7) is 2.32. The highest BCUT2D eigenvalue weighted by Crippen LogP contribution is 2.32. The molecular weight excluding hydrogens is 278 g/mol. The molecule has 110 valence electrons. The van der Waals surface area contributed by atoms with Gasteiger partial charge in [-0.25, -0.2) is 9.78 Å². The molecule has 1 heterocycles. The van der Waals surface area contributed by atoms with Crippen molar-refractivity contribution >= 4 is 23.3 Å². The van der Waals surface area contributed by atoms with E-state index in [1.165, 1.54) is 11.3 Å². The summed E-state index contributed by atoms with van der Waals surface area (Å²) in [6.07, 6.45) is 3.36. The first-order valence-electron chi connectivity index (χ1n) is 6.67. The van der Waals surface area contributed by atoms with Gasteiger partial charge >= 0.3 is 12.0 Å². The number of carboxylic acid groups (broad SMARTS) is 1. The van der Waals surface area contributed by atoms with Crippen molar-refractivity contribution in [2.24, 2.45) is 0 Å². The first-order chi connectivity index (χ1) is 9.51. The Balaban J connectivity index is 1.89. The van der Waals surface area contributed by atoms with E-state index in [4.69, 9.17) is 5.11 Å². The van der Waals surface area contributed by atoms with Crippen LogP contribution >= 0.6 is 11.3 Å². The monoisotopic (exact) mass is 297 g/mol. The SMILES string of the molecule is Cc1ncsc1CNC(=O)NC1(CC(=O)O)CCCC1. The third-order valence-corrected chi connectivity index (χ3v) is 4.62. The Morgan fingerprint density at radius 3 is 2.70 bits per heavy atom. The highest BCUT2D eigenvalue weighted by atomic mass is 32.1. The molecule has 20 heavy (non-hydrogen) atoms. The molecule has 0 radical (unpaired) electrons. The number of urea groups is 1. The average Bonchev–Trinajstić information content (AvgIpc) is 2.96. The summed E-state index contributed by atoms with van der Waals surface area (Å²) in [5.41, 5.74) is 2.07. The molecule has 6 nitrogen and oxygen atoms in total. The van der Waals surface area contributed by atoms with Gasteiger partial charge in [0.2, 0.25) is 0 Å². The summed E-state index contributed by atoms with van der Waals surface area (Å²) in [5, 5.41) is 14.6. The molecule has 1 aliphatic rings. The second-order valence-corrected chi connectivity index (χ2v) is 6.17. The Bertz CT molecular complexity index is 495. The molecule has 7 heteroatoms. The molecule has 3 N–H and O–H groups in total. The molecule has 1 aliphatic carbocycles. The lowest BCUT2D eigenvalue weighted by Crippen LogP contribution is -2.51. The number of nitrogens with zero attached hydrogens (tertiary/aromatic N) is 1. The summed E-state index contributed by atoms with van der Waals surface area (Å²) in [7, 11) is 0. The van der Waals surface area contributed by atoms with Crippen LogP contribution in [0.5, 0.6) is 0 Å². The van der Waals surface area contributed by atoms with Crippen LogP contribution in [0.25, 0.3) is 0 Å². The van der Waals surface area contributed by atoms with E-state index in [0.717, 1.165) is 36.3 Å². The number of aryl methyl sites for hydroxylation is 1. The van der Waals surface area contributed by atoms with E-state index in [1.807, 2.05) is 6.92 Å². The number of aliphatic carboxylic acids is 1. The lowest BCUT2D eigenvalue weighted by molar-refractivity contribution is -0.138. The molecule has 1 fully saturated rings. The number of hydrogen-bond donors (Lipinski definition) is 3. The highest BCUT2D eigenvalue weighted by Gasteiger charge is 2.37. The molecule has 0 bridgehead atoms. The van der Waals surface area contributed by atoms with Crippen molar-refractivity contribution in [1.29, 1.82) is 0 Å². The molecule has 0 unspecified atom stereocenters. The van der Waals surface area contributed by atoms with E-state index in [9.17, 15) is 9.59 Å². The fourth-order valence-electron chi connectivity index (χ4n) is 2.63. The Hall–Kier alpha value is -1.63. The van der Waals surface area contributed by atoms with Gasteiger partial charge in [-0.05, 0) is 19.8 Å². The molecule has 0 aliphatic heterocycles. The van der Waals surface area contributed by atoms with Gasteiger partial charge in [-0.2, -0.15) is 0 Å². The van der Waals surface area contributed by atoms with E-state index < -0.39 is 11.5 Å². The largest absolute Gasteiger partial charge is 0.481 e. The van der Waals surface area contributed by atoms with Crippen molar-refractivity contribution in [3.05, 3.63) is 16.1 Å². The Kier molecular flexibility index (Phi) is 4.59. The maximum atomic E-state index is 12.0. The first-order valence-corrected chi connectivity index (χ1v) is 7.55. The average molecular weight is 297 g/mol. The topological polar surface area (TPSA) is 91.3 Å². The standard InChI is InChI=1S/C13H19N3O3S/c1-9-10(20-8-15-9)7-14-12(19)16-13(6-11(17)18)4-2-3-5-13/h8H,2-7H2,1H3,(H,17,18)(H2,14,16,19). The third-order valence-electron chi connectivity index (χ3n) is 3.68. The van der Waals surface area contributed by atoms with Crippen LogP contribution in [0.4, 0.5) is 4.79 Å². The van der Waals surface area contributed by atoms with Crippen LogP contribution in [0.15, 0.2) is 5.51 Å². The van der Waals surface area contributed by atoms with Gasteiger partial charge in [-0.1, -0.05) is 12.8 Å². The van der Waals surface area contributed by atoms with E-state index >= 15 is 0 Å². The molecule has 0 spiro atoms. The van der Waals surface area contributed by atoms with Crippen molar-refractivity contribution in [2.75, 3.05) is 0 Å². The predicted molar refractivity (Wildman–Crippen MR) is 75.7 cm³/mol. The molecular formula is C13H19N3O3S. The molecule has 1 aromatic heterocycles. The number of carboxylic acids is 1.